The number of carbonyl (C=O) groups is 4. The topological polar surface area (TPSA) is 122 Å². The summed E-state index contributed by atoms with van der Waals surface area (Å²) in [4.78, 5) is 53.0. The minimum atomic E-state index is -0.714. The Hall–Kier alpha value is -2.20. The fraction of sp³-hybridized carbons (Fsp3) is 0.826. The quantitative estimate of drug-likeness (QED) is 0.164. The van der Waals surface area contributed by atoms with E-state index in [9.17, 15) is 24.4 Å². The molecule has 188 valence electrons. The molecule has 10 heteroatoms. The highest BCUT2D eigenvalue weighted by molar-refractivity contribution is 5.99. The molecular weight excluding hydrogens is 426 g/mol. The van der Waals surface area contributed by atoms with Gasteiger partial charge in [-0.3, -0.25) is 24.9 Å². The molecule has 2 atom stereocenters. The Balaban J connectivity index is 1.89. The van der Waals surface area contributed by atoms with Crippen LogP contribution in [0.15, 0.2) is 0 Å². The molecule has 0 unspecified atom stereocenters. The second-order valence-electron chi connectivity index (χ2n) is 9.13. The summed E-state index contributed by atoms with van der Waals surface area (Å²) in [6.07, 6.45) is 7.15. The van der Waals surface area contributed by atoms with E-state index in [0.29, 0.717) is 49.7 Å². The zero-order valence-electron chi connectivity index (χ0n) is 20.1. The summed E-state index contributed by atoms with van der Waals surface area (Å²) in [5, 5.41) is 15.3. The first-order chi connectivity index (χ1) is 15.9. The van der Waals surface area contributed by atoms with Crippen molar-refractivity contribution in [3.8, 4) is 0 Å². The zero-order valence-corrected chi connectivity index (χ0v) is 20.1. The minimum Gasteiger partial charge on any atom is -0.338 e. The number of likely N-dealkylation sites (tertiary alicyclic amines) is 1. The molecule has 2 aliphatic rings. The molecule has 1 aliphatic carbocycles. The maximum atomic E-state index is 13.3. The number of nitrogens with one attached hydrogen (secondary N) is 2. The second-order valence-corrected chi connectivity index (χ2v) is 9.13. The van der Waals surface area contributed by atoms with E-state index in [-0.39, 0.29) is 12.5 Å². The van der Waals surface area contributed by atoms with Crippen LogP contribution in [0, 0.1) is 11.8 Å². The largest absolute Gasteiger partial charge is 0.338 e. The Labute approximate surface area is 197 Å². The van der Waals surface area contributed by atoms with Crippen LogP contribution in [0.25, 0.3) is 0 Å². The van der Waals surface area contributed by atoms with Crippen LogP contribution in [0.1, 0.15) is 65.2 Å². The number of rotatable bonds is 13. The van der Waals surface area contributed by atoms with E-state index in [2.05, 4.69) is 29.4 Å². The van der Waals surface area contributed by atoms with Gasteiger partial charge in [-0.15, -0.1) is 0 Å². The highest BCUT2D eigenvalue weighted by atomic mass is 16.5. The normalized spacial score (nSPS) is 19.5. The average Bonchev–Trinajstić information content (AvgIpc) is 3.50. The number of hydroxylamine groups is 2. The fourth-order valence-corrected chi connectivity index (χ4v) is 4.99. The number of hydrogen-bond acceptors (Lipinski definition) is 6. The number of imide groups is 1. The number of urea groups is 1. The van der Waals surface area contributed by atoms with Crippen molar-refractivity contribution in [2.45, 2.75) is 71.3 Å². The molecule has 1 saturated heterocycles. The average molecular weight is 468 g/mol. The molecule has 1 heterocycles. The summed E-state index contributed by atoms with van der Waals surface area (Å²) in [5.74, 6) is -0.903. The third kappa shape index (κ3) is 8.58. The lowest BCUT2D eigenvalue weighted by Gasteiger charge is -2.30. The number of amides is 5. The molecule has 1 aliphatic heterocycles. The third-order valence-electron chi connectivity index (χ3n) is 6.88. The Morgan fingerprint density at radius 2 is 1.82 bits per heavy atom. The number of hydrogen-bond donors (Lipinski definition) is 3. The molecule has 0 spiro atoms. The summed E-state index contributed by atoms with van der Waals surface area (Å²) >= 11 is 0. The van der Waals surface area contributed by atoms with Gasteiger partial charge >= 0.3 is 6.03 Å². The van der Waals surface area contributed by atoms with E-state index in [1.807, 2.05) is 0 Å². The van der Waals surface area contributed by atoms with Gasteiger partial charge in [-0.1, -0.05) is 39.5 Å². The lowest BCUT2D eigenvalue weighted by Crippen LogP contribution is -2.52. The van der Waals surface area contributed by atoms with E-state index in [0.717, 1.165) is 51.7 Å². The van der Waals surface area contributed by atoms with Crippen LogP contribution in [0.3, 0.4) is 0 Å². The standard InChI is InChI=1S/C23H41N5O5/c1-3-26(4-2)13-8-12-24-23(32)25-21(30)20-11-7-14-28(20)22(31)19(16-27(33)17-29)15-18-9-5-6-10-18/h17-20,33H,3-16H2,1-2H3,(H2,24,25,30,32)/t19-,20+/m1/s1. The maximum absolute atomic E-state index is 13.3. The highest BCUT2D eigenvalue weighted by Crippen LogP contribution is 2.32. The van der Waals surface area contributed by atoms with E-state index in [4.69, 9.17) is 0 Å². The van der Waals surface area contributed by atoms with Crippen molar-refractivity contribution in [1.82, 2.24) is 25.5 Å². The van der Waals surface area contributed by atoms with Gasteiger partial charge in [0.25, 0.3) is 5.91 Å². The van der Waals surface area contributed by atoms with Crippen LogP contribution in [-0.2, 0) is 14.4 Å². The molecule has 0 aromatic heterocycles. The van der Waals surface area contributed by atoms with Crippen molar-refractivity contribution in [3.63, 3.8) is 0 Å². The van der Waals surface area contributed by atoms with Crippen LogP contribution >= 0.6 is 0 Å². The molecule has 0 radical (unpaired) electrons. The molecule has 3 N–H and O–H groups in total. The molecule has 10 nitrogen and oxygen atoms in total. The zero-order chi connectivity index (χ0) is 24.2. The van der Waals surface area contributed by atoms with Crippen LogP contribution in [0.2, 0.25) is 0 Å². The maximum Gasteiger partial charge on any atom is 0.321 e. The van der Waals surface area contributed by atoms with Gasteiger partial charge in [-0.25, -0.2) is 9.86 Å². The van der Waals surface area contributed by atoms with Crippen molar-refractivity contribution < 1.29 is 24.4 Å². The van der Waals surface area contributed by atoms with Crippen LogP contribution < -0.4 is 10.6 Å². The molecule has 0 aromatic carbocycles. The van der Waals surface area contributed by atoms with Gasteiger partial charge in [-0.05, 0) is 51.2 Å². The van der Waals surface area contributed by atoms with Crippen molar-refractivity contribution in [2.24, 2.45) is 11.8 Å². The summed E-state index contributed by atoms with van der Waals surface area (Å²) in [6.45, 7) is 7.76. The Kier molecular flexibility index (Phi) is 11.6. The Bertz CT molecular complexity index is 651. The van der Waals surface area contributed by atoms with E-state index < -0.39 is 23.9 Å². The van der Waals surface area contributed by atoms with Gasteiger partial charge in [0.2, 0.25) is 12.3 Å². The Morgan fingerprint density at radius 3 is 2.45 bits per heavy atom. The van der Waals surface area contributed by atoms with Crippen molar-refractivity contribution in [2.75, 3.05) is 39.3 Å². The van der Waals surface area contributed by atoms with Crippen LogP contribution in [-0.4, -0.2) is 89.6 Å². The Morgan fingerprint density at radius 1 is 1.12 bits per heavy atom. The van der Waals surface area contributed by atoms with E-state index in [1.165, 1.54) is 4.90 Å². The van der Waals surface area contributed by atoms with Gasteiger partial charge in [0.15, 0.2) is 0 Å². The van der Waals surface area contributed by atoms with Gasteiger partial charge in [-0.2, -0.15) is 0 Å². The fourth-order valence-electron chi connectivity index (χ4n) is 4.99. The lowest BCUT2D eigenvalue weighted by molar-refractivity contribution is -0.158. The summed E-state index contributed by atoms with van der Waals surface area (Å²) in [6, 6.07) is -1.27. The minimum absolute atomic E-state index is 0.0866. The number of nitrogens with zero attached hydrogens (tertiary/aromatic N) is 3. The van der Waals surface area contributed by atoms with Gasteiger partial charge in [0.05, 0.1) is 12.5 Å². The van der Waals surface area contributed by atoms with Gasteiger partial charge in [0, 0.05) is 13.1 Å². The SMILES string of the molecule is CCN(CC)CCCNC(=O)NC(=O)[C@@H]1CCCN1C(=O)[C@H](CC1CCCC1)CN(O)C=O. The first-order valence-corrected chi connectivity index (χ1v) is 12.4. The molecule has 1 saturated carbocycles. The molecule has 5 amide bonds. The molecule has 0 bridgehead atoms. The van der Waals surface area contributed by atoms with E-state index >= 15 is 0 Å². The third-order valence-corrected chi connectivity index (χ3v) is 6.88. The smallest absolute Gasteiger partial charge is 0.321 e. The molecule has 2 fully saturated rings. The highest BCUT2D eigenvalue weighted by Gasteiger charge is 2.39. The van der Waals surface area contributed by atoms with Crippen LogP contribution in [0.5, 0.6) is 0 Å². The van der Waals surface area contributed by atoms with Crippen molar-refractivity contribution in [3.05, 3.63) is 0 Å². The van der Waals surface area contributed by atoms with Crippen LogP contribution in [0.4, 0.5) is 4.79 Å². The van der Waals surface area contributed by atoms with Crippen molar-refractivity contribution in [1.29, 1.82) is 0 Å². The number of carbonyl (C=O) groups excluding carboxylic acids is 4. The van der Waals surface area contributed by atoms with E-state index in [1.54, 1.807) is 0 Å². The second kappa shape index (κ2) is 14.1. The predicted molar refractivity (Wildman–Crippen MR) is 123 cm³/mol. The van der Waals surface area contributed by atoms with Gasteiger partial charge in [0.1, 0.15) is 6.04 Å². The lowest BCUT2D eigenvalue weighted by atomic mass is 9.91. The first kappa shape index (κ1) is 27.0. The van der Waals surface area contributed by atoms with Crippen molar-refractivity contribution >= 4 is 24.3 Å². The monoisotopic (exact) mass is 467 g/mol. The molecule has 33 heavy (non-hydrogen) atoms. The molecule has 2 rings (SSSR count). The molecule has 0 aromatic rings. The van der Waals surface area contributed by atoms with Gasteiger partial charge < -0.3 is 15.1 Å². The predicted octanol–water partition coefficient (Wildman–Crippen LogP) is 1.58. The summed E-state index contributed by atoms with van der Waals surface area (Å²) < 4.78 is 0. The summed E-state index contributed by atoms with van der Waals surface area (Å²) in [5.41, 5.74) is 0. The summed E-state index contributed by atoms with van der Waals surface area (Å²) in [7, 11) is 0. The molecular formula is C23H41N5O5. The first-order valence-electron chi connectivity index (χ1n) is 12.4.